The minimum Gasteiger partial charge on any atom is -0.481 e. The second-order valence-electron chi connectivity index (χ2n) is 4.44. The molecule has 0 fully saturated rings. The molecule has 0 bridgehead atoms. The number of aliphatic carboxylic acids is 1. The van der Waals surface area contributed by atoms with Crippen LogP contribution in [0, 0.1) is 11.8 Å². The summed E-state index contributed by atoms with van der Waals surface area (Å²) in [6.07, 6.45) is 0. The first-order valence-corrected chi connectivity index (χ1v) is 5.50. The molecule has 0 aromatic rings. The van der Waals surface area contributed by atoms with Gasteiger partial charge in [0.1, 0.15) is 0 Å². The quantitative estimate of drug-likeness (QED) is 0.690. The molecule has 98 valence electrons. The fourth-order valence-corrected chi connectivity index (χ4v) is 1.37. The van der Waals surface area contributed by atoms with Crippen LogP contribution in [0.2, 0.25) is 0 Å². The zero-order valence-electron chi connectivity index (χ0n) is 10.6. The zero-order chi connectivity index (χ0) is 13.7. The molecule has 0 radical (unpaired) electrons. The molecule has 6 nitrogen and oxygen atoms in total. The van der Waals surface area contributed by atoms with Gasteiger partial charge >= 0.3 is 5.97 Å². The van der Waals surface area contributed by atoms with Gasteiger partial charge < -0.3 is 15.7 Å². The lowest BCUT2D eigenvalue weighted by Gasteiger charge is -2.29. The fraction of sp³-hybridized carbons (Fsp3) is 0.727. The lowest BCUT2D eigenvalue weighted by molar-refractivity contribution is -0.150. The number of rotatable bonds is 6. The van der Waals surface area contributed by atoms with Gasteiger partial charge in [0.05, 0.1) is 12.5 Å². The fourth-order valence-electron chi connectivity index (χ4n) is 1.37. The second kappa shape index (κ2) is 6.22. The SMILES string of the molecule is CC(C(=O)O)C(C)C(=O)N(CC(N)=O)C(C)C. The molecule has 0 aromatic heterocycles. The van der Waals surface area contributed by atoms with E-state index >= 15 is 0 Å². The van der Waals surface area contributed by atoms with Crippen molar-refractivity contribution >= 4 is 17.8 Å². The third-order valence-electron chi connectivity index (χ3n) is 2.76. The van der Waals surface area contributed by atoms with Gasteiger partial charge in [-0.3, -0.25) is 14.4 Å². The topological polar surface area (TPSA) is 101 Å². The van der Waals surface area contributed by atoms with Crippen molar-refractivity contribution in [2.75, 3.05) is 6.54 Å². The van der Waals surface area contributed by atoms with Crippen molar-refractivity contribution in [3.63, 3.8) is 0 Å². The molecule has 0 aliphatic rings. The third kappa shape index (κ3) is 4.42. The minimum absolute atomic E-state index is 0.187. The molecule has 2 amide bonds. The molecule has 0 aliphatic heterocycles. The number of nitrogens with two attached hydrogens (primary N) is 1. The van der Waals surface area contributed by atoms with Crippen LogP contribution < -0.4 is 5.73 Å². The van der Waals surface area contributed by atoms with Crippen molar-refractivity contribution in [1.29, 1.82) is 0 Å². The Morgan fingerprint density at radius 3 is 1.88 bits per heavy atom. The van der Waals surface area contributed by atoms with Crippen molar-refractivity contribution in [2.45, 2.75) is 33.7 Å². The highest BCUT2D eigenvalue weighted by molar-refractivity contribution is 5.88. The molecule has 2 unspecified atom stereocenters. The normalized spacial score (nSPS) is 14.2. The number of hydrogen-bond donors (Lipinski definition) is 2. The number of carbonyl (C=O) groups excluding carboxylic acids is 2. The monoisotopic (exact) mass is 244 g/mol. The van der Waals surface area contributed by atoms with Gasteiger partial charge in [0.15, 0.2) is 0 Å². The van der Waals surface area contributed by atoms with E-state index in [0.717, 1.165) is 0 Å². The van der Waals surface area contributed by atoms with E-state index in [-0.39, 0.29) is 18.5 Å². The molecule has 6 heteroatoms. The molecule has 3 N–H and O–H groups in total. The number of nitrogens with zero attached hydrogens (tertiary/aromatic N) is 1. The average Bonchev–Trinajstić information content (AvgIpc) is 2.21. The standard InChI is InChI=1S/C11H20N2O4/c1-6(2)13(5-9(12)14)10(15)7(3)8(4)11(16)17/h6-8H,5H2,1-4H3,(H2,12,14)(H,16,17). The Balaban J connectivity index is 4.83. The molecular formula is C11H20N2O4. The number of carboxylic acids is 1. The van der Waals surface area contributed by atoms with Crippen LogP contribution in [0.3, 0.4) is 0 Å². The summed E-state index contributed by atoms with van der Waals surface area (Å²) < 4.78 is 0. The van der Waals surface area contributed by atoms with Gasteiger partial charge in [-0.05, 0) is 13.8 Å². The number of amides is 2. The summed E-state index contributed by atoms with van der Waals surface area (Å²) in [4.78, 5) is 35.0. The predicted molar refractivity (Wildman–Crippen MR) is 62.0 cm³/mol. The van der Waals surface area contributed by atoms with Crippen LogP contribution in [0.4, 0.5) is 0 Å². The highest BCUT2D eigenvalue weighted by Crippen LogP contribution is 2.16. The van der Waals surface area contributed by atoms with E-state index in [1.165, 1.54) is 18.7 Å². The first kappa shape index (κ1) is 15.4. The summed E-state index contributed by atoms with van der Waals surface area (Å²) in [5.41, 5.74) is 5.06. The Morgan fingerprint density at radius 2 is 1.59 bits per heavy atom. The van der Waals surface area contributed by atoms with Crippen molar-refractivity contribution < 1.29 is 19.5 Å². The third-order valence-corrected chi connectivity index (χ3v) is 2.76. The van der Waals surface area contributed by atoms with E-state index in [4.69, 9.17) is 10.8 Å². The molecule has 2 atom stereocenters. The van der Waals surface area contributed by atoms with E-state index in [2.05, 4.69) is 0 Å². The lowest BCUT2D eigenvalue weighted by atomic mass is 9.94. The Kier molecular flexibility index (Phi) is 5.64. The van der Waals surface area contributed by atoms with Gasteiger partial charge in [-0.1, -0.05) is 13.8 Å². The maximum absolute atomic E-state index is 12.0. The average molecular weight is 244 g/mol. The van der Waals surface area contributed by atoms with Crippen molar-refractivity contribution in [3.8, 4) is 0 Å². The molecule has 0 aliphatic carbocycles. The molecule has 0 heterocycles. The van der Waals surface area contributed by atoms with Gasteiger partial charge in [0.25, 0.3) is 0 Å². The highest BCUT2D eigenvalue weighted by atomic mass is 16.4. The van der Waals surface area contributed by atoms with Crippen LogP contribution in [0.5, 0.6) is 0 Å². The number of primary amides is 1. The Bertz CT molecular complexity index is 315. The van der Waals surface area contributed by atoms with Crippen LogP contribution >= 0.6 is 0 Å². The number of carbonyl (C=O) groups is 3. The zero-order valence-corrected chi connectivity index (χ0v) is 10.6. The van der Waals surface area contributed by atoms with E-state index in [9.17, 15) is 14.4 Å². The molecule has 0 saturated heterocycles. The summed E-state index contributed by atoms with van der Waals surface area (Å²) in [5.74, 6) is -3.49. The summed E-state index contributed by atoms with van der Waals surface area (Å²) in [7, 11) is 0. The van der Waals surface area contributed by atoms with E-state index in [1.807, 2.05) is 0 Å². The largest absolute Gasteiger partial charge is 0.481 e. The van der Waals surface area contributed by atoms with Gasteiger partial charge in [0.2, 0.25) is 11.8 Å². The van der Waals surface area contributed by atoms with E-state index < -0.39 is 23.7 Å². The first-order valence-electron chi connectivity index (χ1n) is 5.50. The summed E-state index contributed by atoms with van der Waals surface area (Å²) in [5, 5.41) is 8.84. The van der Waals surface area contributed by atoms with Crippen molar-refractivity contribution in [1.82, 2.24) is 4.90 Å². The van der Waals surface area contributed by atoms with E-state index in [0.29, 0.717) is 0 Å². The number of hydrogen-bond acceptors (Lipinski definition) is 3. The molecule has 0 saturated carbocycles. The first-order chi connectivity index (χ1) is 7.68. The maximum Gasteiger partial charge on any atom is 0.307 e. The Hall–Kier alpha value is -1.59. The van der Waals surface area contributed by atoms with Crippen molar-refractivity contribution in [3.05, 3.63) is 0 Å². The van der Waals surface area contributed by atoms with Crippen LogP contribution in [0.25, 0.3) is 0 Å². The van der Waals surface area contributed by atoms with Crippen LogP contribution in [0.15, 0.2) is 0 Å². The molecule has 17 heavy (non-hydrogen) atoms. The maximum atomic E-state index is 12.0. The molecule has 0 aromatic carbocycles. The predicted octanol–water partition coefficient (Wildman–Crippen LogP) is 0.0655. The van der Waals surface area contributed by atoms with Gasteiger partial charge in [-0.15, -0.1) is 0 Å². The summed E-state index contributed by atoms with van der Waals surface area (Å²) in [6.45, 7) is 6.32. The Labute approximate surface area is 101 Å². The molecule has 0 spiro atoms. The summed E-state index contributed by atoms with van der Waals surface area (Å²) in [6, 6.07) is -0.196. The van der Waals surface area contributed by atoms with E-state index in [1.54, 1.807) is 13.8 Å². The van der Waals surface area contributed by atoms with Crippen LogP contribution in [-0.4, -0.2) is 40.4 Å². The van der Waals surface area contributed by atoms with Gasteiger partial charge in [-0.2, -0.15) is 0 Å². The minimum atomic E-state index is -1.03. The molecular weight excluding hydrogens is 224 g/mol. The smallest absolute Gasteiger partial charge is 0.307 e. The Morgan fingerprint density at radius 1 is 1.12 bits per heavy atom. The number of carboxylic acid groups (broad SMARTS) is 1. The summed E-state index contributed by atoms with van der Waals surface area (Å²) >= 11 is 0. The molecule has 0 rings (SSSR count). The van der Waals surface area contributed by atoms with Gasteiger partial charge in [0, 0.05) is 12.0 Å². The van der Waals surface area contributed by atoms with Crippen LogP contribution in [0.1, 0.15) is 27.7 Å². The van der Waals surface area contributed by atoms with Crippen LogP contribution in [-0.2, 0) is 14.4 Å². The van der Waals surface area contributed by atoms with Gasteiger partial charge in [-0.25, -0.2) is 0 Å². The highest BCUT2D eigenvalue weighted by Gasteiger charge is 2.31. The van der Waals surface area contributed by atoms with Crippen molar-refractivity contribution in [2.24, 2.45) is 17.6 Å². The second-order valence-corrected chi connectivity index (χ2v) is 4.44. The lowest BCUT2D eigenvalue weighted by Crippen LogP contribution is -2.46.